The summed E-state index contributed by atoms with van der Waals surface area (Å²) in [6, 6.07) is 6.64. The van der Waals surface area contributed by atoms with Gasteiger partial charge in [-0.25, -0.2) is 13.2 Å². The molecule has 0 aromatic heterocycles. The summed E-state index contributed by atoms with van der Waals surface area (Å²) < 4.78 is 45.1. The minimum atomic E-state index is -1.64. The molecule has 9 heteroatoms. The number of benzene rings is 2. The largest absolute Gasteiger partial charge is 0.489 e. The zero-order chi connectivity index (χ0) is 19.3. The summed E-state index contributed by atoms with van der Waals surface area (Å²) in [5.74, 6) is -4.66. The Morgan fingerprint density at radius 1 is 1.12 bits per heavy atom. The van der Waals surface area contributed by atoms with Crippen LogP contribution in [-0.4, -0.2) is 37.6 Å². The highest BCUT2D eigenvalue weighted by molar-refractivity contribution is 6.37. The Bertz CT molecular complexity index is 786. The topological polar surface area (TPSA) is 41.6 Å². The van der Waals surface area contributed by atoms with Crippen molar-refractivity contribution in [2.24, 2.45) is 0 Å². The lowest BCUT2D eigenvalue weighted by atomic mass is 10.2. The molecule has 0 saturated heterocycles. The number of ether oxygens (including phenoxy) is 1. The Kier molecular flexibility index (Phi) is 7.14. The number of anilines is 1. The number of rotatable bonds is 7. The van der Waals surface area contributed by atoms with Crippen LogP contribution >= 0.6 is 23.2 Å². The van der Waals surface area contributed by atoms with Gasteiger partial charge in [0.05, 0.1) is 22.3 Å². The van der Waals surface area contributed by atoms with Crippen LogP contribution in [0.2, 0.25) is 10.0 Å². The number of halogens is 5. The normalized spacial score (nSPS) is 10.9. The first-order valence-corrected chi connectivity index (χ1v) is 8.24. The van der Waals surface area contributed by atoms with Gasteiger partial charge in [0, 0.05) is 6.54 Å². The molecule has 0 radical (unpaired) electrons. The predicted molar refractivity (Wildman–Crippen MR) is 94.4 cm³/mol. The Balaban J connectivity index is 1.83. The highest BCUT2D eigenvalue weighted by Gasteiger charge is 2.16. The van der Waals surface area contributed by atoms with Gasteiger partial charge in [-0.15, -0.1) is 0 Å². The smallest absolute Gasteiger partial charge is 0.238 e. The molecule has 0 saturated carbocycles. The molecule has 0 spiro atoms. The molecule has 0 atom stereocenters. The number of nitrogens with one attached hydrogen (secondary N) is 1. The van der Waals surface area contributed by atoms with Gasteiger partial charge in [0.1, 0.15) is 6.61 Å². The number of carbonyl (C=O) groups excluding carboxylic acids is 1. The number of amides is 1. The minimum Gasteiger partial charge on any atom is -0.489 e. The fourth-order valence-corrected chi connectivity index (χ4v) is 2.57. The molecule has 1 N–H and O–H groups in total. The molecular weight excluding hydrogens is 392 g/mol. The highest BCUT2D eigenvalue weighted by atomic mass is 35.5. The third kappa shape index (κ3) is 5.27. The zero-order valence-electron chi connectivity index (χ0n) is 13.7. The van der Waals surface area contributed by atoms with E-state index in [1.165, 1.54) is 0 Å². The Morgan fingerprint density at radius 2 is 1.77 bits per heavy atom. The molecule has 0 bridgehead atoms. The maximum Gasteiger partial charge on any atom is 0.238 e. The monoisotopic (exact) mass is 406 g/mol. The molecule has 0 heterocycles. The molecule has 26 heavy (non-hydrogen) atoms. The van der Waals surface area contributed by atoms with Crippen molar-refractivity contribution in [3.05, 3.63) is 57.8 Å². The quantitative estimate of drug-likeness (QED) is 0.694. The van der Waals surface area contributed by atoms with Crippen LogP contribution < -0.4 is 10.1 Å². The summed E-state index contributed by atoms with van der Waals surface area (Å²) in [6.07, 6.45) is 0. The van der Waals surface area contributed by atoms with Crippen LogP contribution in [0, 0.1) is 17.5 Å². The molecule has 0 aliphatic rings. The van der Waals surface area contributed by atoms with E-state index >= 15 is 0 Å². The van der Waals surface area contributed by atoms with Crippen molar-refractivity contribution in [1.82, 2.24) is 4.90 Å². The van der Waals surface area contributed by atoms with Gasteiger partial charge in [-0.05, 0) is 31.3 Å². The van der Waals surface area contributed by atoms with Gasteiger partial charge < -0.3 is 10.1 Å². The van der Waals surface area contributed by atoms with Crippen molar-refractivity contribution in [3.63, 3.8) is 0 Å². The molecule has 0 aliphatic heterocycles. The highest BCUT2D eigenvalue weighted by Crippen LogP contribution is 2.32. The number of hydrogen-bond acceptors (Lipinski definition) is 3. The molecule has 2 aromatic rings. The summed E-state index contributed by atoms with van der Waals surface area (Å²) in [7, 11) is 1.64. The Hall–Kier alpha value is -1.96. The Labute approximate surface area is 158 Å². The van der Waals surface area contributed by atoms with Gasteiger partial charge in [-0.3, -0.25) is 9.69 Å². The summed E-state index contributed by atoms with van der Waals surface area (Å²) >= 11 is 12.0. The van der Waals surface area contributed by atoms with Crippen molar-refractivity contribution in [1.29, 1.82) is 0 Å². The van der Waals surface area contributed by atoms with Crippen molar-refractivity contribution in [2.75, 3.05) is 32.1 Å². The maximum absolute atomic E-state index is 13.5. The molecule has 2 aromatic carbocycles. The van der Waals surface area contributed by atoms with E-state index in [-0.39, 0.29) is 13.2 Å². The zero-order valence-corrected chi connectivity index (χ0v) is 15.2. The van der Waals surface area contributed by atoms with Crippen molar-refractivity contribution in [3.8, 4) is 5.75 Å². The van der Waals surface area contributed by atoms with Crippen LogP contribution in [0.4, 0.5) is 18.9 Å². The van der Waals surface area contributed by atoms with E-state index in [1.54, 1.807) is 30.1 Å². The van der Waals surface area contributed by atoms with E-state index in [1.807, 2.05) is 0 Å². The second kappa shape index (κ2) is 9.12. The third-order valence-corrected chi connectivity index (χ3v) is 3.96. The van der Waals surface area contributed by atoms with Crippen LogP contribution in [0.1, 0.15) is 0 Å². The van der Waals surface area contributed by atoms with Crippen LogP contribution in [0.3, 0.4) is 0 Å². The van der Waals surface area contributed by atoms with Crippen molar-refractivity contribution < 1.29 is 22.7 Å². The average molecular weight is 407 g/mol. The van der Waals surface area contributed by atoms with Gasteiger partial charge in [0.25, 0.3) is 0 Å². The lowest BCUT2D eigenvalue weighted by Crippen LogP contribution is -2.33. The van der Waals surface area contributed by atoms with Crippen LogP contribution in [-0.2, 0) is 4.79 Å². The number of carbonyl (C=O) groups is 1. The maximum atomic E-state index is 13.5. The van der Waals surface area contributed by atoms with E-state index < -0.39 is 29.0 Å². The first-order chi connectivity index (χ1) is 12.3. The van der Waals surface area contributed by atoms with Gasteiger partial charge in [0.2, 0.25) is 5.91 Å². The third-order valence-electron chi connectivity index (χ3n) is 3.36. The predicted octanol–water partition coefficient (Wildman–Crippen LogP) is 4.36. The fraction of sp³-hybridized carbons (Fsp3) is 0.235. The van der Waals surface area contributed by atoms with E-state index in [0.29, 0.717) is 22.3 Å². The lowest BCUT2D eigenvalue weighted by Gasteiger charge is -2.17. The second-order valence-electron chi connectivity index (χ2n) is 5.41. The summed E-state index contributed by atoms with van der Waals surface area (Å²) in [5.41, 5.74) is -0.429. The van der Waals surface area contributed by atoms with Gasteiger partial charge in [-0.1, -0.05) is 29.3 Å². The van der Waals surface area contributed by atoms with E-state index in [4.69, 9.17) is 27.9 Å². The molecular formula is C17H15Cl2F3N2O2. The van der Waals surface area contributed by atoms with Crippen LogP contribution in [0.5, 0.6) is 5.75 Å². The minimum absolute atomic E-state index is 0.113. The summed E-state index contributed by atoms with van der Waals surface area (Å²) in [6.45, 7) is 0.431. The van der Waals surface area contributed by atoms with E-state index in [9.17, 15) is 18.0 Å². The molecule has 0 fully saturated rings. The van der Waals surface area contributed by atoms with Crippen molar-refractivity contribution in [2.45, 2.75) is 0 Å². The average Bonchev–Trinajstić information content (AvgIpc) is 2.58. The number of likely N-dealkylation sites (N-methyl/N-ethyl adjacent to an activating group) is 1. The summed E-state index contributed by atoms with van der Waals surface area (Å²) in [5, 5.41) is 2.92. The molecule has 1 amide bonds. The lowest BCUT2D eigenvalue weighted by molar-refractivity contribution is -0.117. The first-order valence-electron chi connectivity index (χ1n) is 7.48. The van der Waals surface area contributed by atoms with Gasteiger partial charge in [0.15, 0.2) is 23.2 Å². The Morgan fingerprint density at radius 3 is 2.42 bits per heavy atom. The molecule has 4 nitrogen and oxygen atoms in total. The van der Waals surface area contributed by atoms with E-state index in [2.05, 4.69) is 5.32 Å². The van der Waals surface area contributed by atoms with Crippen LogP contribution in [0.25, 0.3) is 0 Å². The first kappa shape index (κ1) is 20.4. The van der Waals surface area contributed by atoms with Gasteiger partial charge in [-0.2, -0.15) is 0 Å². The standard InChI is InChI=1S/C17H15Cl2F3N2O2/c1-24(7-8-26-17-10(18)3-2-4-11(17)19)9-14(25)23-13-6-5-12(20)15(21)16(13)22/h2-6H,7-9H2,1H3,(H,23,25). The number of hydrogen-bond donors (Lipinski definition) is 1. The summed E-state index contributed by atoms with van der Waals surface area (Å²) in [4.78, 5) is 13.5. The molecule has 0 unspecified atom stereocenters. The molecule has 0 aliphatic carbocycles. The SMILES string of the molecule is CN(CCOc1c(Cl)cccc1Cl)CC(=O)Nc1ccc(F)c(F)c1F. The van der Waals surface area contributed by atoms with Gasteiger partial charge >= 0.3 is 0 Å². The fourth-order valence-electron chi connectivity index (χ4n) is 2.06. The van der Waals surface area contributed by atoms with Crippen molar-refractivity contribution >= 4 is 34.8 Å². The van der Waals surface area contributed by atoms with Crippen LogP contribution in [0.15, 0.2) is 30.3 Å². The second-order valence-corrected chi connectivity index (χ2v) is 6.22. The number of para-hydroxylation sites is 1. The molecule has 140 valence electrons. The number of nitrogens with zero attached hydrogens (tertiary/aromatic N) is 1. The van der Waals surface area contributed by atoms with E-state index in [0.717, 1.165) is 12.1 Å². The molecule has 2 rings (SSSR count).